The van der Waals surface area contributed by atoms with E-state index >= 15 is 0 Å². The monoisotopic (exact) mass is 569 g/mol. The first-order chi connectivity index (χ1) is 15.7. The summed E-state index contributed by atoms with van der Waals surface area (Å²) in [5.74, 6) is 3.14. The van der Waals surface area contributed by atoms with E-state index in [4.69, 9.17) is 18.9 Å². The minimum atomic E-state index is 0. The molecule has 2 aliphatic rings. The molecule has 0 aliphatic carbocycles. The van der Waals surface area contributed by atoms with Gasteiger partial charge < -0.3 is 35.9 Å². The summed E-state index contributed by atoms with van der Waals surface area (Å²) in [6, 6.07) is 18.7. The number of nitrogens with zero attached hydrogens (tertiary/aromatic N) is 1. The van der Waals surface area contributed by atoms with Crippen LogP contribution in [-0.2, 0) is 19.6 Å². The fourth-order valence-corrected chi connectivity index (χ4v) is 4.71. The lowest BCUT2D eigenvalue weighted by molar-refractivity contribution is -0.686. The van der Waals surface area contributed by atoms with Crippen LogP contribution in [-0.4, -0.2) is 13.9 Å². The largest absolute Gasteiger partial charge is 1.00 e. The number of aryl methyl sites for hydroxylation is 2. The second-order valence-electron chi connectivity index (χ2n) is 7.98. The summed E-state index contributed by atoms with van der Waals surface area (Å²) >= 11 is 3.48. The third-order valence-corrected chi connectivity index (χ3v) is 6.62. The maximum absolute atomic E-state index is 6.30. The van der Waals surface area contributed by atoms with E-state index in [9.17, 15) is 0 Å². The molecule has 0 bridgehead atoms. The quantitative estimate of drug-likeness (QED) is 0.354. The number of fused-ring (bicyclic) bond motifs is 5. The molecule has 33 heavy (non-hydrogen) atoms. The van der Waals surface area contributed by atoms with Crippen molar-refractivity contribution in [1.82, 2.24) is 0 Å². The Morgan fingerprint density at radius 1 is 1.00 bits per heavy atom. The number of ether oxygens (including phenoxy) is 4. The molecule has 5 nitrogen and oxygen atoms in total. The van der Waals surface area contributed by atoms with Crippen molar-refractivity contribution in [2.24, 2.45) is 0 Å². The van der Waals surface area contributed by atoms with Gasteiger partial charge in [0.15, 0.2) is 35.7 Å². The van der Waals surface area contributed by atoms with Crippen LogP contribution < -0.4 is 40.5 Å². The Balaban J connectivity index is 0.00000228. The van der Waals surface area contributed by atoms with Gasteiger partial charge in [0.05, 0.1) is 18.1 Å². The van der Waals surface area contributed by atoms with E-state index < -0.39 is 0 Å². The Morgan fingerprint density at radius 2 is 1.79 bits per heavy atom. The standard InChI is InChI=1S/C26H21BrNO4.BrH/c1-29-23-7-4-17-10-22-20-12-25-24(31-15-32-25)11-18(20)8-9-28(22)13-21(17)26(23)30-14-16-2-5-19(27)6-3-16;/h2-7,10-13H,8-9,14-15H2,1H3;1H/q+1;/p-1. The Hall–Kier alpha value is -2.77. The topological polar surface area (TPSA) is 40.8 Å². The Labute approximate surface area is 210 Å². The summed E-state index contributed by atoms with van der Waals surface area (Å²) in [5, 5.41) is 2.14. The molecule has 0 radical (unpaired) electrons. The number of hydrogen-bond acceptors (Lipinski definition) is 4. The van der Waals surface area contributed by atoms with E-state index in [1.807, 2.05) is 18.2 Å². The molecule has 4 aromatic rings. The number of hydrogen-bond donors (Lipinski definition) is 0. The van der Waals surface area contributed by atoms with Gasteiger partial charge in [0, 0.05) is 17.0 Å². The highest BCUT2D eigenvalue weighted by Crippen LogP contribution is 2.41. The van der Waals surface area contributed by atoms with Crippen LogP contribution in [0.1, 0.15) is 11.1 Å². The first kappa shape index (κ1) is 22.0. The zero-order valence-electron chi connectivity index (χ0n) is 17.9. The predicted octanol–water partition coefficient (Wildman–Crippen LogP) is 2.43. The van der Waals surface area contributed by atoms with Crippen LogP contribution in [0.2, 0.25) is 0 Å². The minimum Gasteiger partial charge on any atom is -1.00 e. The number of rotatable bonds is 4. The molecule has 1 aromatic heterocycles. The summed E-state index contributed by atoms with van der Waals surface area (Å²) in [4.78, 5) is 0. The number of benzene rings is 3. The highest BCUT2D eigenvalue weighted by Gasteiger charge is 2.28. The predicted molar refractivity (Wildman–Crippen MR) is 124 cm³/mol. The van der Waals surface area contributed by atoms with Crippen LogP contribution in [0.3, 0.4) is 0 Å². The third-order valence-electron chi connectivity index (χ3n) is 6.09. The van der Waals surface area contributed by atoms with Crippen molar-refractivity contribution in [3.63, 3.8) is 0 Å². The Bertz CT molecular complexity index is 1360. The summed E-state index contributed by atoms with van der Waals surface area (Å²) < 4.78 is 26.5. The molecule has 0 fully saturated rings. The summed E-state index contributed by atoms with van der Waals surface area (Å²) in [6.45, 7) is 1.65. The van der Waals surface area contributed by atoms with Gasteiger partial charge in [-0.15, -0.1) is 0 Å². The second-order valence-corrected chi connectivity index (χ2v) is 8.90. The lowest BCUT2D eigenvalue weighted by Gasteiger charge is -2.18. The zero-order chi connectivity index (χ0) is 21.7. The average Bonchev–Trinajstić information content (AvgIpc) is 3.28. The van der Waals surface area contributed by atoms with E-state index in [0.29, 0.717) is 6.61 Å². The van der Waals surface area contributed by atoms with Crippen LogP contribution >= 0.6 is 15.9 Å². The van der Waals surface area contributed by atoms with Gasteiger partial charge in [-0.05, 0) is 52.9 Å². The fourth-order valence-electron chi connectivity index (χ4n) is 4.44. The number of aromatic nitrogens is 1. The van der Waals surface area contributed by atoms with E-state index in [-0.39, 0.29) is 23.8 Å². The van der Waals surface area contributed by atoms with Crippen LogP contribution in [0.5, 0.6) is 23.0 Å². The maximum atomic E-state index is 6.30. The second kappa shape index (κ2) is 8.88. The van der Waals surface area contributed by atoms with Crippen molar-refractivity contribution in [3.05, 3.63) is 76.4 Å². The summed E-state index contributed by atoms with van der Waals surface area (Å²) in [7, 11) is 1.68. The SMILES string of the molecule is COc1ccc2cc3[n+](cc2c1OCc1ccc(Br)cc1)CCc1cc2c(cc1-3)OCO2.[Br-]. The van der Waals surface area contributed by atoms with Crippen LogP contribution in [0.25, 0.3) is 22.0 Å². The molecular formula is C26H21Br2NO4. The molecule has 0 saturated heterocycles. The molecule has 0 unspecified atom stereocenters. The van der Waals surface area contributed by atoms with Crippen molar-refractivity contribution in [1.29, 1.82) is 0 Å². The molecule has 7 heteroatoms. The van der Waals surface area contributed by atoms with Crippen LogP contribution in [0.4, 0.5) is 0 Å². The fraction of sp³-hybridized carbons (Fsp3) is 0.192. The molecule has 0 atom stereocenters. The average molecular weight is 571 g/mol. The van der Waals surface area contributed by atoms with Crippen molar-refractivity contribution in [2.75, 3.05) is 13.9 Å². The van der Waals surface area contributed by atoms with Crippen molar-refractivity contribution in [3.8, 4) is 34.3 Å². The summed E-state index contributed by atoms with van der Waals surface area (Å²) in [5.41, 5.74) is 4.74. The Morgan fingerprint density at radius 3 is 2.58 bits per heavy atom. The van der Waals surface area contributed by atoms with Crippen LogP contribution in [0.15, 0.2) is 65.3 Å². The van der Waals surface area contributed by atoms with Crippen LogP contribution in [0, 0.1) is 0 Å². The molecule has 168 valence electrons. The molecule has 0 spiro atoms. The molecule has 0 amide bonds. The minimum absolute atomic E-state index is 0. The van der Waals surface area contributed by atoms with Gasteiger partial charge in [0.2, 0.25) is 12.5 Å². The van der Waals surface area contributed by atoms with E-state index in [1.54, 1.807) is 7.11 Å². The highest BCUT2D eigenvalue weighted by atomic mass is 79.9. The number of halogens is 2. The maximum Gasteiger partial charge on any atom is 0.231 e. The van der Waals surface area contributed by atoms with Crippen molar-refractivity contribution >= 4 is 26.7 Å². The third kappa shape index (κ3) is 3.93. The van der Waals surface area contributed by atoms with Gasteiger partial charge in [-0.25, -0.2) is 0 Å². The van der Waals surface area contributed by atoms with E-state index in [1.165, 1.54) is 16.8 Å². The van der Waals surface area contributed by atoms with Gasteiger partial charge >= 0.3 is 0 Å². The van der Waals surface area contributed by atoms with E-state index in [0.717, 1.165) is 56.8 Å². The lowest BCUT2D eigenvalue weighted by Crippen LogP contribution is -3.00. The first-order valence-electron chi connectivity index (χ1n) is 10.5. The lowest BCUT2D eigenvalue weighted by atomic mass is 9.95. The van der Waals surface area contributed by atoms with E-state index in [2.05, 4.69) is 63.1 Å². The number of pyridine rings is 1. The molecule has 6 rings (SSSR count). The van der Waals surface area contributed by atoms with Gasteiger partial charge in [0.1, 0.15) is 6.61 Å². The van der Waals surface area contributed by atoms with Gasteiger partial charge in [0.25, 0.3) is 0 Å². The molecule has 0 N–H and O–H groups in total. The van der Waals surface area contributed by atoms with Crippen molar-refractivity contribution < 1.29 is 40.5 Å². The van der Waals surface area contributed by atoms with Gasteiger partial charge in [-0.1, -0.05) is 28.1 Å². The Kier molecular flexibility index (Phi) is 5.93. The normalized spacial score (nSPS) is 13.2. The van der Waals surface area contributed by atoms with Gasteiger partial charge in [-0.3, -0.25) is 0 Å². The molecule has 0 saturated carbocycles. The number of methoxy groups -OCH3 is 1. The molecular weight excluding hydrogens is 550 g/mol. The molecule has 3 heterocycles. The highest BCUT2D eigenvalue weighted by molar-refractivity contribution is 9.10. The first-order valence-corrected chi connectivity index (χ1v) is 11.3. The molecule has 2 aliphatic heterocycles. The zero-order valence-corrected chi connectivity index (χ0v) is 21.1. The molecule has 3 aromatic carbocycles. The van der Waals surface area contributed by atoms with Gasteiger partial charge in [-0.2, -0.15) is 4.57 Å². The van der Waals surface area contributed by atoms with Crippen molar-refractivity contribution in [2.45, 2.75) is 19.6 Å². The summed E-state index contributed by atoms with van der Waals surface area (Å²) in [6.07, 6.45) is 3.12. The smallest absolute Gasteiger partial charge is 0.231 e.